The highest BCUT2D eigenvalue weighted by Gasteiger charge is 2.34. The number of rotatable bonds is 7. The lowest BCUT2D eigenvalue weighted by atomic mass is 9.72. The molecule has 34 heavy (non-hydrogen) atoms. The van der Waals surface area contributed by atoms with Gasteiger partial charge in [-0.3, -0.25) is 9.59 Å². The smallest absolute Gasteiger partial charge is 0.258 e. The molecule has 1 aromatic carbocycles. The molecule has 0 fully saturated rings. The highest BCUT2D eigenvalue weighted by molar-refractivity contribution is 7.17. The molecule has 6 nitrogen and oxygen atoms in total. The third-order valence-electron chi connectivity index (χ3n) is 6.53. The zero-order valence-electron chi connectivity index (χ0n) is 20.3. The minimum Gasteiger partial charge on any atom is -0.468 e. The highest BCUT2D eigenvalue weighted by atomic mass is 32.1. The SMILES string of the molecule is Cc1ccccc1NC(=O)c1c(NC(=O)CNCc2ccco2)sc2c1CC[C@H](C(C)(C)C)C2. The second-order valence-electron chi connectivity index (χ2n) is 10.0. The molecular weight excluding hydrogens is 446 g/mol. The number of hydrogen-bond donors (Lipinski definition) is 3. The third-order valence-corrected chi connectivity index (χ3v) is 7.70. The molecule has 2 heterocycles. The number of anilines is 2. The van der Waals surface area contributed by atoms with E-state index in [-0.39, 0.29) is 23.8 Å². The van der Waals surface area contributed by atoms with Crippen LogP contribution < -0.4 is 16.0 Å². The van der Waals surface area contributed by atoms with Gasteiger partial charge in [0.15, 0.2) is 0 Å². The lowest BCUT2D eigenvalue weighted by molar-refractivity contribution is -0.115. The molecule has 7 heteroatoms. The monoisotopic (exact) mass is 479 g/mol. The summed E-state index contributed by atoms with van der Waals surface area (Å²) in [7, 11) is 0. The van der Waals surface area contributed by atoms with Crippen LogP contribution in [-0.4, -0.2) is 18.4 Å². The largest absolute Gasteiger partial charge is 0.468 e. The van der Waals surface area contributed by atoms with E-state index in [1.165, 1.54) is 4.88 Å². The lowest BCUT2D eigenvalue weighted by Gasteiger charge is -2.33. The Labute approximate surface area is 205 Å². The Morgan fingerprint density at radius 1 is 1.12 bits per heavy atom. The average molecular weight is 480 g/mol. The van der Waals surface area contributed by atoms with E-state index in [2.05, 4.69) is 36.7 Å². The second-order valence-corrected chi connectivity index (χ2v) is 11.1. The van der Waals surface area contributed by atoms with Gasteiger partial charge >= 0.3 is 0 Å². The summed E-state index contributed by atoms with van der Waals surface area (Å²) >= 11 is 1.55. The Bertz CT molecular complexity index is 1160. The maximum absolute atomic E-state index is 13.5. The van der Waals surface area contributed by atoms with Crippen LogP contribution in [0.4, 0.5) is 10.7 Å². The van der Waals surface area contributed by atoms with Crippen LogP contribution in [0.25, 0.3) is 0 Å². The molecule has 0 radical (unpaired) electrons. The number of fused-ring (bicyclic) bond motifs is 1. The van der Waals surface area contributed by atoms with Crippen molar-refractivity contribution in [1.82, 2.24) is 5.32 Å². The van der Waals surface area contributed by atoms with Gasteiger partial charge in [-0.1, -0.05) is 39.0 Å². The van der Waals surface area contributed by atoms with Gasteiger partial charge in [-0.05, 0) is 66.8 Å². The number of amides is 2. The van der Waals surface area contributed by atoms with E-state index in [0.717, 1.165) is 41.8 Å². The van der Waals surface area contributed by atoms with Crippen LogP contribution in [0, 0.1) is 18.3 Å². The van der Waals surface area contributed by atoms with Crippen molar-refractivity contribution in [2.75, 3.05) is 17.2 Å². The molecule has 1 atom stereocenters. The molecule has 3 aromatic rings. The molecule has 4 rings (SSSR count). The number of nitrogens with one attached hydrogen (secondary N) is 3. The summed E-state index contributed by atoms with van der Waals surface area (Å²) in [6, 6.07) is 11.4. The molecule has 2 aromatic heterocycles. The lowest BCUT2D eigenvalue weighted by Crippen LogP contribution is -2.28. The summed E-state index contributed by atoms with van der Waals surface area (Å²) in [6.07, 6.45) is 4.42. The van der Waals surface area contributed by atoms with Crippen molar-refractivity contribution in [3.05, 3.63) is 70.0 Å². The number of para-hydroxylation sites is 1. The fourth-order valence-electron chi connectivity index (χ4n) is 4.43. The van der Waals surface area contributed by atoms with Crippen molar-refractivity contribution in [2.45, 2.75) is 53.5 Å². The Balaban J connectivity index is 1.55. The minimum absolute atomic E-state index is 0.132. The molecular formula is C27H33N3O3S. The number of thiophene rings is 1. The van der Waals surface area contributed by atoms with Crippen molar-refractivity contribution in [2.24, 2.45) is 11.3 Å². The van der Waals surface area contributed by atoms with E-state index >= 15 is 0 Å². The molecule has 2 amide bonds. The van der Waals surface area contributed by atoms with Gasteiger partial charge in [0.1, 0.15) is 10.8 Å². The summed E-state index contributed by atoms with van der Waals surface area (Å²) < 4.78 is 5.30. The maximum Gasteiger partial charge on any atom is 0.258 e. The van der Waals surface area contributed by atoms with Gasteiger partial charge in [-0.2, -0.15) is 0 Å². The minimum atomic E-state index is -0.178. The first-order chi connectivity index (χ1) is 16.2. The molecule has 0 saturated carbocycles. The first-order valence-electron chi connectivity index (χ1n) is 11.8. The van der Waals surface area contributed by atoms with Crippen LogP contribution in [-0.2, 0) is 24.2 Å². The van der Waals surface area contributed by atoms with Crippen molar-refractivity contribution in [3.63, 3.8) is 0 Å². The molecule has 0 unspecified atom stereocenters. The van der Waals surface area contributed by atoms with Gasteiger partial charge < -0.3 is 20.4 Å². The van der Waals surface area contributed by atoms with Crippen molar-refractivity contribution >= 4 is 33.8 Å². The standard InChI is InChI=1S/C27H33N3O3S/c1-17-8-5-6-10-21(17)29-25(32)24-20-12-11-18(27(2,3)4)14-22(20)34-26(24)30-23(31)16-28-15-19-9-7-13-33-19/h5-10,13,18,28H,11-12,14-16H2,1-4H3,(H,29,32)(H,30,31)/t18-/m0/s1. The normalized spacial score (nSPS) is 15.6. The van der Waals surface area contributed by atoms with Gasteiger partial charge in [0.25, 0.3) is 5.91 Å². The summed E-state index contributed by atoms with van der Waals surface area (Å²) in [5, 5.41) is 9.80. The maximum atomic E-state index is 13.5. The van der Waals surface area contributed by atoms with Gasteiger partial charge in [0.05, 0.1) is 24.9 Å². The molecule has 0 bridgehead atoms. The molecule has 180 valence electrons. The van der Waals surface area contributed by atoms with Gasteiger partial charge in [-0.25, -0.2) is 0 Å². The fourth-order valence-corrected chi connectivity index (χ4v) is 5.78. The topological polar surface area (TPSA) is 83.4 Å². The number of furan rings is 1. The van der Waals surface area contributed by atoms with Gasteiger partial charge in [0, 0.05) is 10.6 Å². The Morgan fingerprint density at radius 3 is 2.62 bits per heavy atom. The summed E-state index contributed by atoms with van der Waals surface area (Å²) in [5.41, 5.74) is 3.67. The molecule has 1 aliphatic carbocycles. The van der Waals surface area contributed by atoms with Crippen molar-refractivity contribution < 1.29 is 14.0 Å². The van der Waals surface area contributed by atoms with E-state index in [9.17, 15) is 9.59 Å². The third kappa shape index (κ3) is 5.59. The van der Waals surface area contributed by atoms with Crippen LogP contribution in [0.5, 0.6) is 0 Å². The zero-order valence-corrected chi connectivity index (χ0v) is 21.1. The fraction of sp³-hybridized carbons (Fsp3) is 0.407. The van der Waals surface area contributed by atoms with E-state index in [4.69, 9.17) is 4.42 Å². The first-order valence-corrected chi connectivity index (χ1v) is 12.6. The van der Waals surface area contributed by atoms with Crippen LogP contribution in [0.2, 0.25) is 0 Å². The number of carbonyl (C=O) groups is 2. The van der Waals surface area contributed by atoms with E-state index in [1.807, 2.05) is 43.3 Å². The van der Waals surface area contributed by atoms with Crippen LogP contribution in [0.1, 0.15) is 59.3 Å². The van der Waals surface area contributed by atoms with Gasteiger partial charge in [-0.15, -0.1) is 11.3 Å². The number of hydrogen-bond acceptors (Lipinski definition) is 5. The summed E-state index contributed by atoms with van der Waals surface area (Å²) in [4.78, 5) is 27.4. The highest BCUT2D eigenvalue weighted by Crippen LogP contribution is 2.44. The Hall–Kier alpha value is -2.90. The van der Waals surface area contributed by atoms with Crippen LogP contribution in [0.3, 0.4) is 0 Å². The Morgan fingerprint density at radius 2 is 1.91 bits per heavy atom. The molecule has 0 saturated heterocycles. The molecule has 0 spiro atoms. The van der Waals surface area contributed by atoms with E-state index < -0.39 is 0 Å². The number of aryl methyl sites for hydroxylation is 1. The van der Waals surface area contributed by atoms with E-state index in [1.54, 1.807) is 17.6 Å². The quantitative estimate of drug-likeness (QED) is 0.401. The summed E-state index contributed by atoms with van der Waals surface area (Å²) in [5.74, 6) is 0.970. The van der Waals surface area contributed by atoms with Gasteiger partial charge in [0.2, 0.25) is 5.91 Å². The predicted octanol–water partition coefficient (Wildman–Crippen LogP) is 5.78. The zero-order chi connectivity index (χ0) is 24.3. The number of benzene rings is 1. The second kappa shape index (κ2) is 10.2. The number of carbonyl (C=O) groups excluding carboxylic acids is 2. The van der Waals surface area contributed by atoms with E-state index in [0.29, 0.717) is 23.0 Å². The summed E-state index contributed by atoms with van der Waals surface area (Å²) in [6.45, 7) is 9.39. The molecule has 3 N–H and O–H groups in total. The van der Waals surface area contributed by atoms with Crippen LogP contribution in [0.15, 0.2) is 47.1 Å². The predicted molar refractivity (Wildman–Crippen MR) is 137 cm³/mol. The van der Waals surface area contributed by atoms with Crippen molar-refractivity contribution in [3.8, 4) is 0 Å². The Kier molecular flexibility index (Phi) is 7.24. The first kappa shape index (κ1) is 24.2. The van der Waals surface area contributed by atoms with Crippen LogP contribution >= 0.6 is 11.3 Å². The average Bonchev–Trinajstić information content (AvgIpc) is 3.41. The molecule has 1 aliphatic rings. The van der Waals surface area contributed by atoms with Crippen molar-refractivity contribution in [1.29, 1.82) is 0 Å². The molecule has 0 aliphatic heterocycles.